The van der Waals surface area contributed by atoms with Gasteiger partial charge in [-0.05, 0) is 0 Å². The Morgan fingerprint density at radius 2 is 0.617 bits per heavy atom. The predicted molar refractivity (Wildman–Crippen MR) is 207 cm³/mol. The molecule has 3 aromatic rings. The zero-order chi connectivity index (χ0) is 33.4. The van der Waals surface area contributed by atoms with Crippen LogP contribution in [0.15, 0.2) is 76.9 Å². The Hall–Kier alpha value is -0.408. The van der Waals surface area contributed by atoms with Gasteiger partial charge in [-0.1, -0.05) is 0 Å². The fourth-order valence-electron chi connectivity index (χ4n) is 8.57. The Balaban J connectivity index is 0.00000368. The normalized spacial score (nSPS) is 15.3. The molecule has 8 heteroatoms. The third-order valence-corrected chi connectivity index (χ3v) is 26.3. The van der Waals surface area contributed by atoms with Crippen LogP contribution in [0.3, 0.4) is 0 Å². The first-order valence-corrected chi connectivity index (χ1v) is 29.8. The molecule has 254 valence electrons. The van der Waals surface area contributed by atoms with Crippen molar-refractivity contribution in [2.24, 2.45) is 0 Å². The largest absolute Gasteiger partial charge is 1.00 e. The van der Waals surface area contributed by atoms with E-state index < -0.39 is 32.3 Å². The van der Waals surface area contributed by atoms with Gasteiger partial charge < -0.3 is 37.2 Å². The summed E-state index contributed by atoms with van der Waals surface area (Å²) in [5.41, 5.74) is 10.8. The van der Waals surface area contributed by atoms with Gasteiger partial charge in [0.1, 0.15) is 0 Å². The molecule has 0 unspecified atom stereocenters. The molecule has 0 fully saturated rings. The van der Waals surface area contributed by atoms with Crippen molar-refractivity contribution in [3.05, 3.63) is 93.6 Å². The van der Waals surface area contributed by atoms with Crippen molar-refractivity contribution < 1.29 is 57.7 Å². The summed E-state index contributed by atoms with van der Waals surface area (Å²) in [6, 6.07) is 22.3. The van der Waals surface area contributed by atoms with E-state index in [1.807, 2.05) is 0 Å². The molecule has 0 heterocycles. The Kier molecular flexibility index (Phi) is 14.3. The number of benzene rings is 3. The van der Waals surface area contributed by atoms with Gasteiger partial charge >= 0.3 is 288 Å². The monoisotopic (exact) mass is 790 g/mol. The minimum Gasteiger partial charge on any atom is -1.00 e. The van der Waals surface area contributed by atoms with Crippen molar-refractivity contribution >= 4 is 63.4 Å². The van der Waals surface area contributed by atoms with Gasteiger partial charge in [-0.15, -0.1) is 0 Å². The van der Waals surface area contributed by atoms with E-state index in [4.69, 9.17) is 0 Å². The van der Waals surface area contributed by atoms with Crippen LogP contribution >= 0.6 is 0 Å². The summed E-state index contributed by atoms with van der Waals surface area (Å²) in [4.78, 5) is 0. The topological polar surface area (TPSA) is 0 Å². The maximum atomic E-state index is 2.66. The molecule has 1 aliphatic carbocycles. The average molecular weight is 792 g/mol. The van der Waals surface area contributed by atoms with Gasteiger partial charge in [-0.25, -0.2) is 0 Å². The quantitative estimate of drug-likeness (QED) is 0.206. The molecular formula is C39H57Cl3Si4Ti. The van der Waals surface area contributed by atoms with E-state index in [1.165, 1.54) is 11.1 Å². The molecule has 0 N–H and O–H groups in total. The van der Waals surface area contributed by atoms with Crippen molar-refractivity contribution in [2.45, 2.75) is 111 Å². The van der Waals surface area contributed by atoms with Crippen LogP contribution in [0.4, 0.5) is 0 Å². The van der Waals surface area contributed by atoms with E-state index >= 15 is 0 Å². The minimum absolute atomic E-state index is 0. The number of allylic oxidation sites excluding steroid dienone is 4. The zero-order valence-electron chi connectivity index (χ0n) is 31.8. The van der Waals surface area contributed by atoms with Crippen molar-refractivity contribution in [1.29, 1.82) is 0 Å². The standard InChI is InChI=1S/C39H57Si4.3ClH.Ti/c1-26-27(2)29(4)39(28(26)3)43(36-23-17-20-33(30(36)5)40(8,9)10,37-24-18-21-34(31(37)6)41(11,12)13)38-25-19-22-35(32(38)7)42(14,15)16;;;;/h17-25H,1-16H3;3*1H;/q;;;;+3/p-3. The maximum absolute atomic E-state index is 2.84. The Morgan fingerprint density at radius 1 is 0.404 bits per heavy atom. The van der Waals surface area contributed by atoms with Crippen molar-refractivity contribution in [3.63, 3.8) is 0 Å². The number of halogens is 3. The molecular weight excluding hydrogens is 735 g/mol. The summed E-state index contributed by atoms with van der Waals surface area (Å²) in [6.45, 7) is 39.9. The molecule has 0 radical (unpaired) electrons. The van der Waals surface area contributed by atoms with Crippen LogP contribution in [0.5, 0.6) is 0 Å². The second-order valence-corrected chi connectivity index (χ2v) is 37.6. The fourth-order valence-corrected chi connectivity index (χ4v) is 23.7. The smallest absolute Gasteiger partial charge is 1.00 e. The second kappa shape index (κ2) is 15.1. The summed E-state index contributed by atoms with van der Waals surface area (Å²) in [5, 5.41) is 9.74. The molecule has 3 aromatic carbocycles. The summed E-state index contributed by atoms with van der Waals surface area (Å²) in [6.07, 6.45) is 0. The molecule has 0 bridgehead atoms. The Morgan fingerprint density at radius 3 is 0.830 bits per heavy atom. The first-order valence-electron chi connectivity index (χ1n) is 16.5. The van der Waals surface area contributed by atoms with Crippen LogP contribution in [0.25, 0.3) is 0 Å². The first-order chi connectivity index (χ1) is 20.1. The zero-order valence-corrected chi connectivity index (χ0v) is 39.7. The summed E-state index contributed by atoms with van der Waals surface area (Å²) in [7, 11) is -7.67. The van der Waals surface area contributed by atoms with Crippen LogP contribution in [0.2, 0.25) is 62.3 Å². The molecule has 4 rings (SSSR count). The molecule has 0 nitrogen and oxygen atoms in total. The van der Waals surface area contributed by atoms with Crippen LogP contribution in [-0.2, 0) is 20.4 Å². The molecule has 1 aliphatic rings. The van der Waals surface area contributed by atoms with Gasteiger partial charge in [0.15, 0.2) is 0 Å². The molecule has 0 aliphatic heterocycles. The van der Waals surface area contributed by atoms with Crippen LogP contribution < -0.4 is 68.3 Å². The molecule has 47 heavy (non-hydrogen) atoms. The fraction of sp³-hybridized carbons (Fsp3) is 0.436. The Bertz CT molecular complexity index is 1520. The van der Waals surface area contributed by atoms with E-state index in [0.717, 1.165) is 0 Å². The second-order valence-electron chi connectivity index (χ2n) is 16.7. The first kappa shape index (κ1) is 44.6. The number of hydrogen-bond acceptors (Lipinski definition) is 0. The molecule has 0 amide bonds. The van der Waals surface area contributed by atoms with Crippen molar-refractivity contribution in [3.8, 4) is 0 Å². The van der Waals surface area contributed by atoms with Crippen molar-refractivity contribution in [1.82, 2.24) is 0 Å². The van der Waals surface area contributed by atoms with Crippen LogP contribution in [0.1, 0.15) is 44.4 Å². The summed E-state index contributed by atoms with van der Waals surface area (Å²) >= 11 is 2.66. The third-order valence-electron chi connectivity index (χ3n) is 11.0. The van der Waals surface area contributed by atoms with Gasteiger partial charge in [0.25, 0.3) is 0 Å². The van der Waals surface area contributed by atoms with Crippen LogP contribution in [0, 0.1) is 20.8 Å². The van der Waals surface area contributed by atoms with E-state index in [0.29, 0.717) is 0 Å². The molecule has 0 aromatic heterocycles. The molecule has 0 spiro atoms. The Labute approximate surface area is 322 Å². The number of rotatable bonds is 7. The van der Waals surface area contributed by atoms with E-state index in [9.17, 15) is 0 Å². The van der Waals surface area contributed by atoms with Gasteiger partial charge in [0, 0.05) is 0 Å². The van der Waals surface area contributed by atoms with Crippen LogP contribution in [-0.4, -0.2) is 32.3 Å². The van der Waals surface area contributed by atoms with E-state index in [-0.39, 0.29) is 40.6 Å². The van der Waals surface area contributed by atoms with Gasteiger partial charge in [-0.2, -0.15) is 0 Å². The predicted octanol–water partition coefficient (Wildman–Crippen LogP) is -1.34. The number of hydrogen-bond donors (Lipinski definition) is 0. The minimum atomic E-state index is -2.84. The van der Waals surface area contributed by atoms with Gasteiger partial charge in [0.05, 0.1) is 0 Å². The van der Waals surface area contributed by atoms with Gasteiger partial charge in [0.2, 0.25) is 0 Å². The molecule has 0 saturated carbocycles. The SMILES string of the molecule is CC1=C(C)[C]([Ti+3])([Si](c2cccc([Si](C)(C)C)c2C)(c2cccc([Si](C)(C)C)c2C)c2cccc([Si](C)(C)C)c2C)C(C)=C1C.[Cl-].[Cl-].[Cl-]. The molecule has 0 atom stereocenters. The molecule has 0 saturated heterocycles. The summed E-state index contributed by atoms with van der Waals surface area (Å²) in [5.74, 6) is 0. The average Bonchev–Trinajstić information content (AvgIpc) is 3.05. The van der Waals surface area contributed by atoms with Gasteiger partial charge in [-0.3, -0.25) is 0 Å². The maximum Gasteiger partial charge on any atom is -1.00 e. The summed E-state index contributed by atoms with van der Waals surface area (Å²) < 4.78 is -0.102. The van der Waals surface area contributed by atoms with E-state index in [1.54, 1.807) is 59.0 Å². The van der Waals surface area contributed by atoms with E-state index in [2.05, 4.69) is 182 Å². The van der Waals surface area contributed by atoms with Crippen molar-refractivity contribution in [2.75, 3.05) is 0 Å². The third kappa shape index (κ3) is 7.08.